The van der Waals surface area contributed by atoms with Crippen molar-refractivity contribution in [2.75, 3.05) is 30.3 Å². The third-order valence-electron chi connectivity index (χ3n) is 1.97. The zero-order chi connectivity index (χ0) is 10.4. The van der Waals surface area contributed by atoms with E-state index >= 15 is 0 Å². The molecule has 0 unspecified atom stereocenters. The number of aliphatic hydroxyl groups is 1. The van der Waals surface area contributed by atoms with Crippen molar-refractivity contribution in [1.82, 2.24) is 9.97 Å². The summed E-state index contributed by atoms with van der Waals surface area (Å²) in [7, 11) is 0. The second kappa shape index (κ2) is 5.39. The topological polar surface area (TPSA) is 75.3 Å². The van der Waals surface area contributed by atoms with Crippen LogP contribution in [0.25, 0.3) is 0 Å². The number of nitrogens with two attached hydrogens (primary N) is 1. The standard InChI is InChI=1S/C9H16N4O/c1-2-13(4-3-5-14)9-6-8(10)11-7-12-9/h6-7,14H,2-5H2,1H3,(H2,10,11,12). The molecule has 78 valence electrons. The molecule has 0 spiro atoms. The highest BCUT2D eigenvalue weighted by Gasteiger charge is 2.05. The minimum Gasteiger partial charge on any atom is -0.396 e. The Balaban J connectivity index is 2.68. The zero-order valence-corrected chi connectivity index (χ0v) is 8.35. The zero-order valence-electron chi connectivity index (χ0n) is 8.35. The molecule has 0 aromatic carbocycles. The average Bonchev–Trinajstić information content (AvgIpc) is 2.19. The molecule has 0 aliphatic carbocycles. The summed E-state index contributed by atoms with van der Waals surface area (Å²) in [5, 5.41) is 8.73. The Morgan fingerprint density at radius 3 is 2.86 bits per heavy atom. The highest BCUT2D eigenvalue weighted by Crippen LogP contribution is 2.11. The van der Waals surface area contributed by atoms with E-state index in [9.17, 15) is 0 Å². The Kier molecular flexibility index (Phi) is 4.12. The minimum absolute atomic E-state index is 0.192. The second-order valence-electron chi connectivity index (χ2n) is 2.96. The highest BCUT2D eigenvalue weighted by atomic mass is 16.3. The van der Waals surface area contributed by atoms with E-state index in [1.807, 2.05) is 11.8 Å². The van der Waals surface area contributed by atoms with Gasteiger partial charge in [-0.3, -0.25) is 0 Å². The molecule has 5 heteroatoms. The van der Waals surface area contributed by atoms with Crippen LogP contribution in [0.15, 0.2) is 12.4 Å². The Bertz CT molecular complexity index is 279. The quantitative estimate of drug-likeness (QED) is 0.707. The Hall–Kier alpha value is -1.36. The summed E-state index contributed by atoms with van der Waals surface area (Å²) >= 11 is 0. The summed E-state index contributed by atoms with van der Waals surface area (Å²) in [6.45, 7) is 3.85. The summed E-state index contributed by atoms with van der Waals surface area (Å²) < 4.78 is 0. The minimum atomic E-state index is 0.192. The van der Waals surface area contributed by atoms with Crippen molar-refractivity contribution >= 4 is 11.6 Å². The van der Waals surface area contributed by atoms with Crippen molar-refractivity contribution in [2.24, 2.45) is 0 Å². The first kappa shape index (κ1) is 10.7. The van der Waals surface area contributed by atoms with Crippen LogP contribution < -0.4 is 10.6 Å². The molecule has 1 heterocycles. The van der Waals surface area contributed by atoms with Gasteiger partial charge in [0.15, 0.2) is 0 Å². The van der Waals surface area contributed by atoms with E-state index in [2.05, 4.69) is 9.97 Å². The Morgan fingerprint density at radius 2 is 2.29 bits per heavy atom. The number of aromatic nitrogens is 2. The first-order valence-corrected chi connectivity index (χ1v) is 4.71. The number of nitrogen functional groups attached to an aromatic ring is 1. The van der Waals surface area contributed by atoms with Crippen LogP contribution in [-0.4, -0.2) is 34.8 Å². The first-order valence-electron chi connectivity index (χ1n) is 4.71. The van der Waals surface area contributed by atoms with E-state index in [0.29, 0.717) is 5.82 Å². The molecule has 1 rings (SSSR count). The van der Waals surface area contributed by atoms with Crippen LogP contribution in [0.4, 0.5) is 11.6 Å². The fourth-order valence-corrected chi connectivity index (χ4v) is 1.23. The molecular formula is C9H16N4O. The number of hydrogen-bond donors (Lipinski definition) is 2. The molecule has 1 aromatic rings. The molecular weight excluding hydrogens is 180 g/mol. The first-order chi connectivity index (χ1) is 6.77. The van der Waals surface area contributed by atoms with Crippen molar-refractivity contribution in [3.8, 4) is 0 Å². The molecule has 0 amide bonds. The van der Waals surface area contributed by atoms with Crippen LogP contribution in [0.3, 0.4) is 0 Å². The number of hydrogen-bond acceptors (Lipinski definition) is 5. The normalized spacial score (nSPS) is 10.1. The lowest BCUT2D eigenvalue weighted by Crippen LogP contribution is -2.25. The summed E-state index contributed by atoms with van der Waals surface area (Å²) in [6, 6.07) is 1.74. The highest BCUT2D eigenvalue weighted by molar-refractivity contribution is 5.45. The Morgan fingerprint density at radius 1 is 1.50 bits per heavy atom. The average molecular weight is 196 g/mol. The molecule has 0 fully saturated rings. The van der Waals surface area contributed by atoms with E-state index in [1.54, 1.807) is 6.07 Å². The monoisotopic (exact) mass is 196 g/mol. The second-order valence-corrected chi connectivity index (χ2v) is 2.96. The fourth-order valence-electron chi connectivity index (χ4n) is 1.23. The van der Waals surface area contributed by atoms with Crippen molar-refractivity contribution < 1.29 is 5.11 Å². The van der Waals surface area contributed by atoms with E-state index in [4.69, 9.17) is 10.8 Å². The number of rotatable bonds is 5. The van der Waals surface area contributed by atoms with Gasteiger partial charge in [0.2, 0.25) is 0 Å². The van der Waals surface area contributed by atoms with Crippen molar-refractivity contribution in [3.63, 3.8) is 0 Å². The van der Waals surface area contributed by atoms with Crippen LogP contribution in [0.2, 0.25) is 0 Å². The van der Waals surface area contributed by atoms with Gasteiger partial charge in [0.1, 0.15) is 18.0 Å². The third kappa shape index (κ3) is 2.85. The molecule has 0 radical (unpaired) electrons. The lowest BCUT2D eigenvalue weighted by atomic mass is 10.3. The van der Waals surface area contributed by atoms with Gasteiger partial charge in [0.25, 0.3) is 0 Å². The largest absolute Gasteiger partial charge is 0.396 e. The van der Waals surface area contributed by atoms with Gasteiger partial charge in [-0.05, 0) is 13.3 Å². The van der Waals surface area contributed by atoms with Gasteiger partial charge in [0.05, 0.1) is 0 Å². The van der Waals surface area contributed by atoms with Gasteiger partial charge in [-0.25, -0.2) is 9.97 Å². The predicted octanol–water partition coefficient (Wildman–Crippen LogP) is 0.267. The van der Waals surface area contributed by atoms with Gasteiger partial charge in [0, 0.05) is 25.8 Å². The van der Waals surface area contributed by atoms with Gasteiger partial charge in [-0.15, -0.1) is 0 Å². The van der Waals surface area contributed by atoms with Gasteiger partial charge < -0.3 is 15.7 Å². The maximum atomic E-state index is 8.73. The fraction of sp³-hybridized carbons (Fsp3) is 0.556. The molecule has 5 nitrogen and oxygen atoms in total. The maximum Gasteiger partial charge on any atom is 0.134 e. The van der Waals surface area contributed by atoms with Crippen LogP contribution in [0.1, 0.15) is 13.3 Å². The molecule has 0 saturated heterocycles. The van der Waals surface area contributed by atoms with E-state index in [-0.39, 0.29) is 6.61 Å². The molecule has 3 N–H and O–H groups in total. The Labute approximate surface area is 83.6 Å². The number of nitrogens with zero attached hydrogens (tertiary/aromatic N) is 3. The van der Waals surface area contributed by atoms with Crippen LogP contribution >= 0.6 is 0 Å². The van der Waals surface area contributed by atoms with E-state index in [0.717, 1.165) is 25.3 Å². The van der Waals surface area contributed by atoms with Crippen LogP contribution in [0, 0.1) is 0 Å². The van der Waals surface area contributed by atoms with Crippen molar-refractivity contribution in [3.05, 3.63) is 12.4 Å². The van der Waals surface area contributed by atoms with Gasteiger partial charge in [-0.2, -0.15) is 0 Å². The molecule has 0 bridgehead atoms. The predicted molar refractivity (Wildman–Crippen MR) is 56.0 cm³/mol. The van der Waals surface area contributed by atoms with Crippen molar-refractivity contribution in [2.45, 2.75) is 13.3 Å². The summed E-state index contributed by atoms with van der Waals surface area (Å²) in [4.78, 5) is 9.99. The summed E-state index contributed by atoms with van der Waals surface area (Å²) in [5.41, 5.74) is 5.55. The van der Waals surface area contributed by atoms with E-state index < -0.39 is 0 Å². The van der Waals surface area contributed by atoms with Crippen molar-refractivity contribution in [1.29, 1.82) is 0 Å². The van der Waals surface area contributed by atoms with Gasteiger partial charge in [-0.1, -0.05) is 0 Å². The summed E-state index contributed by atoms with van der Waals surface area (Å²) in [6.07, 6.45) is 2.18. The van der Waals surface area contributed by atoms with Crippen LogP contribution in [-0.2, 0) is 0 Å². The smallest absolute Gasteiger partial charge is 0.134 e. The molecule has 0 atom stereocenters. The molecule has 1 aromatic heterocycles. The lowest BCUT2D eigenvalue weighted by molar-refractivity contribution is 0.289. The lowest BCUT2D eigenvalue weighted by Gasteiger charge is -2.21. The summed E-state index contributed by atoms with van der Waals surface area (Å²) in [5.74, 6) is 1.28. The number of aliphatic hydroxyl groups excluding tert-OH is 1. The molecule has 0 aliphatic heterocycles. The molecule has 0 aliphatic rings. The van der Waals surface area contributed by atoms with E-state index in [1.165, 1.54) is 6.33 Å². The molecule has 14 heavy (non-hydrogen) atoms. The SMILES string of the molecule is CCN(CCCO)c1cc(N)ncn1. The number of anilines is 2. The van der Waals surface area contributed by atoms with Crippen LogP contribution in [0.5, 0.6) is 0 Å². The maximum absolute atomic E-state index is 8.73. The molecule has 0 saturated carbocycles. The third-order valence-corrected chi connectivity index (χ3v) is 1.97. The van der Waals surface area contributed by atoms with Gasteiger partial charge >= 0.3 is 0 Å².